The Morgan fingerprint density at radius 3 is 2.38 bits per heavy atom. The number of hydrogen-bond donors (Lipinski definition) is 1. The zero-order valence-electron chi connectivity index (χ0n) is 15.2. The van der Waals surface area contributed by atoms with Crippen molar-refractivity contribution in [2.24, 2.45) is 0 Å². The summed E-state index contributed by atoms with van der Waals surface area (Å²) in [6.45, 7) is 6.13. The Hall–Kier alpha value is -3.08. The molecule has 5 nitrogen and oxygen atoms in total. The van der Waals surface area contributed by atoms with Gasteiger partial charge >= 0.3 is 0 Å². The number of carbonyl (C=O) groups excluding carboxylic acids is 2. The topological polar surface area (TPSA) is 58.6 Å². The molecular formula is C21H22N2O3. The average Bonchev–Trinajstić information content (AvgIpc) is 2.86. The molecule has 1 N–H and O–H groups in total. The Labute approximate surface area is 153 Å². The standard InChI is InChI=1S/C21H22N2O3/c1-4-26-17-12-8-11-16(13-17)22-19-18(15-9-6-5-7-10-15)20(24)23(14(2)3)21(19)25/h5-14,22H,4H2,1-3H3. The van der Waals surface area contributed by atoms with E-state index in [9.17, 15) is 9.59 Å². The minimum atomic E-state index is -0.314. The SMILES string of the molecule is CCOc1cccc(NC2=C(c3ccccc3)C(=O)N(C(C)C)C2=O)c1. The number of imide groups is 1. The molecule has 134 valence electrons. The van der Waals surface area contributed by atoms with Crippen molar-refractivity contribution in [1.29, 1.82) is 0 Å². The van der Waals surface area contributed by atoms with Gasteiger partial charge in [0.1, 0.15) is 11.4 Å². The molecule has 3 rings (SSSR count). The molecule has 0 fully saturated rings. The average molecular weight is 350 g/mol. The van der Waals surface area contributed by atoms with E-state index in [4.69, 9.17) is 4.74 Å². The lowest BCUT2D eigenvalue weighted by Gasteiger charge is -2.19. The van der Waals surface area contributed by atoms with Gasteiger partial charge in [0.25, 0.3) is 11.8 Å². The van der Waals surface area contributed by atoms with Crippen molar-refractivity contribution in [3.8, 4) is 5.75 Å². The first kappa shape index (κ1) is 17.7. The van der Waals surface area contributed by atoms with E-state index < -0.39 is 0 Å². The van der Waals surface area contributed by atoms with Crippen molar-refractivity contribution in [3.63, 3.8) is 0 Å². The second-order valence-corrected chi connectivity index (χ2v) is 6.28. The molecule has 0 unspecified atom stereocenters. The highest BCUT2D eigenvalue weighted by atomic mass is 16.5. The van der Waals surface area contributed by atoms with Gasteiger partial charge in [-0.05, 0) is 38.5 Å². The molecule has 0 aliphatic carbocycles. The molecule has 26 heavy (non-hydrogen) atoms. The molecule has 0 saturated carbocycles. The number of anilines is 1. The molecule has 0 aromatic heterocycles. The van der Waals surface area contributed by atoms with Crippen LogP contribution in [-0.2, 0) is 9.59 Å². The largest absolute Gasteiger partial charge is 0.494 e. The van der Waals surface area contributed by atoms with Gasteiger partial charge in [0, 0.05) is 17.8 Å². The van der Waals surface area contributed by atoms with Crippen LogP contribution in [0.2, 0.25) is 0 Å². The second-order valence-electron chi connectivity index (χ2n) is 6.28. The van der Waals surface area contributed by atoms with Crippen LogP contribution in [-0.4, -0.2) is 29.4 Å². The van der Waals surface area contributed by atoms with Crippen LogP contribution in [0.4, 0.5) is 5.69 Å². The molecule has 0 spiro atoms. The van der Waals surface area contributed by atoms with Crippen LogP contribution in [0.15, 0.2) is 60.3 Å². The first-order valence-corrected chi connectivity index (χ1v) is 8.70. The van der Waals surface area contributed by atoms with Gasteiger partial charge in [-0.3, -0.25) is 14.5 Å². The number of carbonyl (C=O) groups is 2. The lowest BCUT2D eigenvalue weighted by atomic mass is 10.0. The predicted octanol–water partition coefficient (Wildman–Crippen LogP) is 3.69. The van der Waals surface area contributed by atoms with Crippen molar-refractivity contribution in [2.45, 2.75) is 26.8 Å². The highest BCUT2D eigenvalue weighted by Crippen LogP contribution is 2.32. The van der Waals surface area contributed by atoms with Crippen LogP contribution in [0.25, 0.3) is 5.57 Å². The van der Waals surface area contributed by atoms with Crippen molar-refractivity contribution in [2.75, 3.05) is 11.9 Å². The first-order chi connectivity index (χ1) is 12.5. The van der Waals surface area contributed by atoms with E-state index in [-0.39, 0.29) is 17.9 Å². The van der Waals surface area contributed by atoms with Gasteiger partial charge in [0.15, 0.2) is 0 Å². The minimum absolute atomic E-state index is 0.220. The van der Waals surface area contributed by atoms with Crippen LogP contribution in [0.1, 0.15) is 26.3 Å². The minimum Gasteiger partial charge on any atom is -0.494 e. The smallest absolute Gasteiger partial charge is 0.278 e. The van der Waals surface area contributed by atoms with E-state index in [2.05, 4.69) is 5.32 Å². The fraction of sp³-hybridized carbons (Fsp3) is 0.238. The Morgan fingerprint density at radius 1 is 1.00 bits per heavy atom. The van der Waals surface area contributed by atoms with Crippen LogP contribution in [0, 0.1) is 0 Å². The predicted molar refractivity (Wildman–Crippen MR) is 102 cm³/mol. The van der Waals surface area contributed by atoms with Gasteiger partial charge in [-0.25, -0.2) is 0 Å². The van der Waals surface area contributed by atoms with Gasteiger partial charge in [-0.1, -0.05) is 36.4 Å². The van der Waals surface area contributed by atoms with Crippen molar-refractivity contribution >= 4 is 23.1 Å². The summed E-state index contributed by atoms with van der Waals surface area (Å²) in [7, 11) is 0. The van der Waals surface area contributed by atoms with Crippen molar-refractivity contribution in [1.82, 2.24) is 4.90 Å². The number of ether oxygens (including phenoxy) is 1. The normalized spacial score (nSPS) is 14.4. The second kappa shape index (κ2) is 7.44. The maximum Gasteiger partial charge on any atom is 0.278 e. The van der Waals surface area contributed by atoms with Gasteiger partial charge in [0.05, 0.1) is 12.2 Å². The fourth-order valence-electron chi connectivity index (χ4n) is 2.98. The van der Waals surface area contributed by atoms with Gasteiger partial charge < -0.3 is 10.1 Å². The summed E-state index contributed by atoms with van der Waals surface area (Å²) in [6, 6.07) is 16.4. The third kappa shape index (κ3) is 3.33. The molecule has 0 atom stereocenters. The molecule has 5 heteroatoms. The summed E-state index contributed by atoms with van der Waals surface area (Å²) >= 11 is 0. The summed E-state index contributed by atoms with van der Waals surface area (Å²) < 4.78 is 5.51. The van der Waals surface area contributed by atoms with Crippen molar-refractivity contribution < 1.29 is 14.3 Å². The van der Waals surface area contributed by atoms with E-state index in [1.54, 1.807) is 0 Å². The highest BCUT2D eigenvalue weighted by Gasteiger charge is 2.40. The van der Waals surface area contributed by atoms with Crippen LogP contribution < -0.4 is 10.1 Å². The van der Waals surface area contributed by atoms with Crippen LogP contribution >= 0.6 is 0 Å². The summed E-state index contributed by atoms with van der Waals surface area (Å²) in [4.78, 5) is 27.1. The number of rotatable bonds is 6. The zero-order valence-corrected chi connectivity index (χ0v) is 15.2. The van der Waals surface area contributed by atoms with Crippen LogP contribution in [0.3, 0.4) is 0 Å². The lowest BCUT2D eigenvalue weighted by molar-refractivity contribution is -0.138. The van der Waals surface area contributed by atoms with E-state index in [0.717, 1.165) is 5.56 Å². The molecule has 2 aromatic carbocycles. The summed E-state index contributed by atoms with van der Waals surface area (Å²) in [6.07, 6.45) is 0. The highest BCUT2D eigenvalue weighted by molar-refractivity contribution is 6.36. The number of nitrogens with zero attached hydrogens (tertiary/aromatic N) is 1. The molecule has 0 saturated heterocycles. The Morgan fingerprint density at radius 2 is 1.73 bits per heavy atom. The van der Waals surface area contributed by atoms with Crippen molar-refractivity contribution in [3.05, 3.63) is 65.9 Å². The van der Waals surface area contributed by atoms with E-state index in [1.807, 2.05) is 75.4 Å². The summed E-state index contributed by atoms with van der Waals surface area (Å²) in [5.74, 6) is 0.113. The Balaban J connectivity index is 2.04. The molecule has 1 aliphatic rings. The molecule has 2 amide bonds. The Kier molecular flexibility index (Phi) is 5.07. The van der Waals surface area contributed by atoms with Crippen LogP contribution in [0.5, 0.6) is 5.75 Å². The lowest BCUT2D eigenvalue weighted by Crippen LogP contribution is -2.38. The molecule has 0 bridgehead atoms. The van der Waals surface area contributed by atoms with E-state index in [0.29, 0.717) is 29.3 Å². The number of amides is 2. The molecule has 1 heterocycles. The number of hydrogen-bond acceptors (Lipinski definition) is 4. The first-order valence-electron chi connectivity index (χ1n) is 8.70. The monoisotopic (exact) mass is 350 g/mol. The van der Waals surface area contributed by atoms with E-state index in [1.165, 1.54) is 4.90 Å². The Bertz CT molecular complexity index is 857. The summed E-state index contributed by atoms with van der Waals surface area (Å²) in [5.41, 5.74) is 2.11. The quantitative estimate of drug-likeness (QED) is 0.808. The number of nitrogens with one attached hydrogen (secondary N) is 1. The molecular weight excluding hydrogens is 328 g/mol. The maximum absolute atomic E-state index is 12.9. The zero-order chi connectivity index (χ0) is 18.7. The van der Waals surface area contributed by atoms with Gasteiger partial charge in [0.2, 0.25) is 0 Å². The third-order valence-corrected chi connectivity index (χ3v) is 4.11. The maximum atomic E-state index is 12.9. The van der Waals surface area contributed by atoms with Gasteiger partial charge in [-0.15, -0.1) is 0 Å². The fourth-order valence-corrected chi connectivity index (χ4v) is 2.98. The summed E-state index contributed by atoms with van der Waals surface area (Å²) in [5, 5.41) is 3.14. The molecule has 2 aromatic rings. The number of benzene rings is 2. The third-order valence-electron chi connectivity index (χ3n) is 4.11. The van der Waals surface area contributed by atoms with Gasteiger partial charge in [-0.2, -0.15) is 0 Å². The molecule has 1 aliphatic heterocycles. The molecule has 0 radical (unpaired) electrons. The van der Waals surface area contributed by atoms with E-state index >= 15 is 0 Å².